The fourth-order valence-corrected chi connectivity index (χ4v) is 1.58. The van der Waals surface area contributed by atoms with Crippen LogP contribution in [0.25, 0.3) is 0 Å². The van der Waals surface area contributed by atoms with Gasteiger partial charge >= 0.3 is 0 Å². The average Bonchev–Trinajstić information content (AvgIpc) is 2.29. The van der Waals surface area contributed by atoms with E-state index in [1.54, 1.807) is 0 Å². The van der Waals surface area contributed by atoms with Gasteiger partial charge in [-0.15, -0.1) is 0 Å². The summed E-state index contributed by atoms with van der Waals surface area (Å²) in [5.74, 6) is 0. The SMILES string of the molecule is C=C(CC)CC(NCC)c1ccncc1. The smallest absolute Gasteiger partial charge is 0.0358 e. The summed E-state index contributed by atoms with van der Waals surface area (Å²) in [6, 6.07) is 4.51. The van der Waals surface area contributed by atoms with Gasteiger partial charge in [0.05, 0.1) is 0 Å². The molecular formula is C13H20N2. The van der Waals surface area contributed by atoms with Crippen molar-refractivity contribution in [1.82, 2.24) is 10.3 Å². The summed E-state index contributed by atoms with van der Waals surface area (Å²) in [4.78, 5) is 4.04. The van der Waals surface area contributed by atoms with Crippen LogP contribution in [0.1, 0.15) is 38.3 Å². The number of hydrogen-bond donors (Lipinski definition) is 1. The first kappa shape index (κ1) is 11.9. The molecule has 2 nitrogen and oxygen atoms in total. The largest absolute Gasteiger partial charge is 0.310 e. The summed E-state index contributed by atoms with van der Waals surface area (Å²) in [6.07, 6.45) is 5.74. The molecule has 0 radical (unpaired) electrons. The van der Waals surface area contributed by atoms with Crippen LogP contribution >= 0.6 is 0 Å². The Kier molecular flexibility index (Phi) is 5.05. The topological polar surface area (TPSA) is 24.9 Å². The predicted octanol–water partition coefficient (Wildman–Crippen LogP) is 3.09. The Hall–Kier alpha value is -1.15. The second kappa shape index (κ2) is 6.36. The molecule has 1 atom stereocenters. The van der Waals surface area contributed by atoms with Gasteiger partial charge in [0.15, 0.2) is 0 Å². The molecule has 0 saturated heterocycles. The summed E-state index contributed by atoms with van der Waals surface area (Å²) in [5.41, 5.74) is 2.58. The maximum atomic E-state index is 4.07. The van der Waals surface area contributed by atoms with Crippen LogP contribution in [0, 0.1) is 0 Å². The summed E-state index contributed by atoms with van der Waals surface area (Å²) in [5, 5.41) is 3.48. The number of aromatic nitrogens is 1. The summed E-state index contributed by atoms with van der Waals surface area (Å²) < 4.78 is 0. The van der Waals surface area contributed by atoms with Crippen LogP contribution < -0.4 is 5.32 Å². The first-order valence-corrected chi connectivity index (χ1v) is 5.57. The van der Waals surface area contributed by atoms with Gasteiger partial charge in [-0.2, -0.15) is 0 Å². The maximum Gasteiger partial charge on any atom is 0.0358 e. The van der Waals surface area contributed by atoms with E-state index >= 15 is 0 Å². The minimum Gasteiger partial charge on any atom is -0.310 e. The van der Waals surface area contributed by atoms with Crippen molar-refractivity contribution in [2.75, 3.05) is 6.54 Å². The molecule has 1 heterocycles. The Labute approximate surface area is 92.4 Å². The quantitative estimate of drug-likeness (QED) is 0.720. The third-order valence-electron chi connectivity index (χ3n) is 2.55. The van der Waals surface area contributed by atoms with Crippen LogP contribution in [0.3, 0.4) is 0 Å². The molecule has 0 aliphatic carbocycles. The van der Waals surface area contributed by atoms with Crippen molar-refractivity contribution >= 4 is 0 Å². The van der Waals surface area contributed by atoms with Gasteiger partial charge in [0.2, 0.25) is 0 Å². The van der Waals surface area contributed by atoms with Gasteiger partial charge in [0.25, 0.3) is 0 Å². The van der Waals surface area contributed by atoms with Crippen LogP contribution in [-0.4, -0.2) is 11.5 Å². The number of pyridine rings is 1. The normalized spacial score (nSPS) is 12.4. The monoisotopic (exact) mass is 204 g/mol. The standard InChI is InChI=1S/C13H20N2/c1-4-11(3)10-13(15-5-2)12-6-8-14-9-7-12/h6-9,13,15H,3-5,10H2,1-2H3. The molecule has 1 aromatic rings. The molecule has 1 unspecified atom stereocenters. The van der Waals surface area contributed by atoms with Crippen molar-refractivity contribution in [1.29, 1.82) is 0 Å². The second-order valence-corrected chi connectivity index (χ2v) is 3.70. The molecule has 0 aliphatic heterocycles. The van der Waals surface area contributed by atoms with Gasteiger partial charge in [-0.3, -0.25) is 4.98 Å². The lowest BCUT2D eigenvalue weighted by atomic mass is 9.99. The van der Waals surface area contributed by atoms with Crippen molar-refractivity contribution in [2.45, 2.75) is 32.7 Å². The minimum atomic E-state index is 0.380. The molecule has 1 N–H and O–H groups in total. The molecule has 0 aliphatic rings. The van der Waals surface area contributed by atoms with E-state index in [4.69, 9.17) is 0 Å². The highest BCUT2D eigenvalue weighted by Gasteiger charge is 2.10. The highest BCUT2D eigenvalue weighted by Crippen LogP contribution is 2.20. The average molecular weight is 204 g/mol. The van der Waals surface area contributed by atoms with Crippen molar-refractivity contribution in [3.63, 3.8) is 0 Å². The molecule has 15 heavy (non-hydrogen) atoms. The van der Waals surface area contributed by atoms with Gasteiger partial charge in [-0.1, -0.05) is 26.0 Å². The Morgan fingerprint density at radius 2 is 2.07 bits per heavy atom. The highest BCUT2D eigenvalue weighted by atomic mass is 14.9. The van der Waals surface area contributed by atoms with E-state index in [9.17, 15) is 0 Å². The third kappa shape index (κ3) is 3.84. The van der Waals surface area contributed by atoms with Gasteiger partial charge < -0.3 is 5.32 Å². The first-order chi connectivity index (χ1) is 7.27. The van der Waals surface area contributed by atoms with E-state index in [1.807, 2.05) is 12.4 Å². The molecule has 2 heteroatoms. The summed E-state index contributed by atoms with van der Waals surface area (Å²) in [6.45, 7) is 9.32. The Bertz CT molecular complexity index is 293. The first-order valence-electron chi connectivity index (χ1n) is 5.57. The zero-order valence-electron chi connectivity index (χ0n) is 9.66. The zero-order chi connectivity index (χ0) is 11.1. The Morgan fingerprint density at radius 1 is 1.40 bits per heavy atom. The molecule has 1 rings (SSSR count). The molecule has 0 bridgehead atoms. The second-order valence-electron chi connectivity index (χ2n) is 3.70. The molecule has 0 spiro atoms. The van der Waals surface area contributed by atoms with E-state index in [-0.39, 0.29) is 0 Å². The van der Waals surface area contributed by atoms with Crippen LogP contribution in [0.2, 0.25) is 0 Å². The Morgan fingerprint density at radius 3 is 2.60 bits per heavy atom. The van der Waals surface area contributed by atoms with Crippen LogP contribution in [0.4, 0.5) is 0 Å². The van der Waals surface area contributed by atoms with E-state index < -0.39 is 0 Å². The Balaban J connectivity index is 2.70. The van der Waals surface area contributed by atoms with Gasteiger partial charge in [-0.25, -0.2) is 0 Å². The van der Waals surface area contributed by atoms with Crippen molar-refractivity contribution in [2.24, 2.45) is 0 Å². The summed E-state index contributed by atoms with van der Waals surface area (Å²) >= 11 is 0. The summed E-state index contributed by atoms with van der Waals surface area (Å²) in [7, 11) is 0. The van der Waals surface area contributed by atoms with Crippen molar-refractivity contribution in [3.05, 3.63) is 42.2 Å². The highest BCUT2D eigenvalue weighted by molar-refractivity contribution is 5.17. The molecule has 0 amide bonds. The van der Waals surface area contributed by atoms with Crippen LogP contribution in [-0.2, 0) is 0 Å². The van der Waals surface area contributed by atoms with E-state index in [0.29, 0.717) is 6.04 Å². The lowest BCUT2D eigenvalue weighted by Gasteiger charge is -2.18. The lowest BCUT2D eigenvalue weighted by molar-refractivity contribution is 0.542. The molecule has 0 fully saturated rings. The molecular weight excluding hydrogens is 184 g/mol. The fraction of sp³-hybridized carbons (Fsp3) is 0.462. The van der Waals surface area contributed by atoms with E-state index in [2.05, 4.69) is 42.9 Å². The van der Waals surface area contributed by atoms with Gasteiger partial charge in [-0.05, 0) is 37.1 Å². The van der Waals surface area contributed by atoms with Crippen molar-refractivity contribution in [3.8, 4) is 0 Å². The number of hydrogen-bond acceptors (Lipinski definition) is 2. The maximum absolute atomic E-state index is 4.07. The van der Waals surface area contributed by atoms with Gasteiger partial charge in [0.1, 0.15) is 0 Å². The fourth-order valence-electron chi connectivity index (χ4n) is 1.58. The predicted molar refractivity (Wildman–Crippen MR) is 64.7 cm³/mol. The van der Waals surface area contributed by atoms with Crippen molar-refractivity contribution < 1.29 is 0 Å². The van der Waals surface area contributed by atoms with Gasteiger partial charge in [0, 0.05) is 18.4 Å². The zero-order valence-corrected chi connectivity index (χ0v) is 9.66. The minimum absolute atomic E-state index is 0.380. The molecule has 82 valence electrons. The number of rotatable bonds is 6. The lowest BCUT2D eigenvalue weighted by Crippen LogP contribution is -2.21. The molecule has 0 aromatic carbocycles. The molecule has 1 aromatic heterocycles. The third-order valence-corrected chi connectivity index (χ3v) is 2.55. The molecule has 0 saturated carbocycles. The number of nitrogens with zero attached hydrogens (tertiary/aromatic N) is 1. The number of nitrogens with one attached hydrogen (secondary N) is 1. The van der Waals surface area contributed by atoms with Crippen LogP contribution in [0.5, 0.6) is 0 Å². The van der Waals surface area contributed by atoms with Crippen LogP contribution in [0.15, 0.2) is 36.7 Å². The van der Waals surface area contributed by atoms with E-state index in [1.165, 1.54) is 11.1 Å². The van der Waals surface area contributed by atoms with E-state index in [0.717, 1.165) is 19.4 Å².